The number of carbonyl (C=O) groups excluding carboxylic acids is 2. The molecule has 0 unspecified atom stereocenters. The number of aliphatic carboxylic acids is 1. The summed E-state index contributed by atoms with van der Waals surface area (Å²) in [5, 5.41) is 12.9. The van der Waals surface area contributed by atoms with E-state index in [9.17, 15) is 19.5 Å². The van der Waals surface area contributed by atoms with Crippen LogP contribution in [-0.4, -0.2) is 30.1 Å². The molecule has 1 aromatic heterocycles. The van der Waals surface area contributed by atoms with E-state index in [0.29, 0.717) is 10.6 Å². The van der Waals surface area contributed by atoms with Gasteiger partial charge < -0.3 is 15.2 Å². The van der Waals surface area contributed by atoms with Crippen molar-refractivity contribution in [3.05, 3.63) is 16.0 Å². The fraction of sp³-hybridized carbons (Fsp3) is 0.611. The van der Waals surface area contributed by atoms with Gasteiger partial charge in [0, 0.05) is 4.88 Å². The number of rotatable bonds is 4. The molecule has 3 saturated carbocycles. The maximum atomic E-state index is 12.9. The first-order valence-corrected chi connectivity index (χ1v) is 9.38. The van der Waals surface area contributed by atoms with Gasteiger partial charge in [0.25, 0.3) is 0 Å². The molecule has 0 aliphatic heterocycles. The average Bonchev–Trinajstić information content (AvgIpc) is 2.88. The van der Waals surface area contributed by atoms with Crippen LogP contribution in [0.1, 0.15) is 46.5 Å². The average molecular weight is 365 g/mol. The second kappa shape index (κ2) is 6.78. The number of aryl methyl sites for hydroxylation is 1. The molecule has 2 N–H and O–H groups in total. The van der Waals surface area contributed by atoms with Gasteiger partial charge >= 0.3 is 11.9 Å². The number of carboxylic acid groups (broad SMARTS) is 1. The molecule has 0 aromatic carbocycles. The third-order valence-corrected chi connectivity index (χ3v) is 6.94. The third kappa shape index (κ3) is 3.05. The molecule has 3 fully saturated rings. The van der Waals surface area contributed by atoms with Gasteiger partial charge in [-0.1, -0.05) is 0 Å². The normalized spacial score (nSPS) is 27.8. The standard InChI is InChI=1S/C18H23NO5S/c1-8-9(2)25-16(12(8)18(23)24-3)19-15(20)13-10-4-6-11(7-5-10)14(13)17(21)22/h10-11,13-14H,4-7H2,1-3H3,(H,19,20)(H,21,22)/t10?,11?,13-,14+/m1/s1. The zero-order valence-electron chi connectivity index (χ0n) is 14.6. The SMILES string of the molecule is COC(=O)c1c(NC(=O)[C@@H]2C3CCC(CC3)[C@@H]2C(=O)O)sc(C)c1C. The number of ether oxygens (including phenoxy) is 1. The van der Waals surface area contributed by atoms with Crippen LogP contribution in [0.2, 0.25) is 0 Å². The molecule has 0 saturated heterocycles. The number of methoxy groups -OCH3 is 1. The topological polar surface area (TPSA) is 92.7 Å². The Morgan fingerprint density at radius 2 is 1.64 bits per heavy atom. The Morgan fingerprint density at radius 3 is 2.16 bits per heavy atom. The van der Waals surface area contributed by atoms with Gasteiger partial charge in [-0.05, 0) is 56.9 Å². The van der Waals surface area contributed by atoms with Crippen molar-refractivity contribution in [1.82, 2.24) is 0 Å². The lowest BCUT2D eigenvalue weighted by Crippen LogP contribution is -2.49. The molecule has 4 rings (SSSR count). The van der Waals surface area contributed by atoms with E-state index in [-0.39, 0.29) is 17.7 Å². The molecule has 1 heterocycles. The number of anilines is 1. The Kier molecular flexibility index (Phi) is 4.86. The summed E-state index contributed by atoms with van der Waals surface area (Å²) in [7, 11) is 1.31. The fourth-order valence-corrected chi connectivity index (χ4v) is 5.49. The van der Waals surface area contributed by atoms with E-state index in [1.54, 1.807) is 0 Å². The third-order valence-electron chi connectivity index (χ3n) is 5.82. The van der Waals surface area contributed by atoms with Gasteiger partial charge in [0.2, 0.25) is 5.91 Å². The van der Waals surface area contributed by atoms with Crippen molar-refractivity contribution < 1.29 is 24.2 Å². The summed E-state index contributed by atoms with van der Waals surface area (Å²) in [6, 6.07) is 0. The number of thiophene rings is 1. The van der Waals surface area contributed by atoms with Gasteiger partial charge in [-0.2, -0.15) is 0 Å². The minimum absolute atomic E-state index is 0.0742. The Labute approximate surface area is 150 Å². The Hall–Kier alpha value is -1.89. The van der Waals surface area contributed by atoms with Crippen molar-refractivity contribution in [2.45, 2.75) is 39.5 Å². The molecule has 25 heavy (non-hydrogen) atoms. The highest BCUT2D eigenvalue weighted by atomic mass is 32.1. The second-order valence-corrected chi connectivity index (χ2v) is 8.26. The Balaban J connectivity index is 1.88. The highest BCUT2D eigenvalue weighted by molar-refractivity contribution is 7.16. The molecule has 3 aliphatic rings. The quantitative estimate of drug-likeness (QED) is 0.799. The van der Waals surface area contributed by atoms with Gasteiger partial charge in [0.05, 0.1) is 24.5 Å². The molecule has 136 valence electrons. The number of nitrogens with one attached hydrogen (secondary N) is 1. The lowest BCUT2D eigenvalue weighted by molar-refractivity contribution is -0.156. The van der Waals surface area contributed by atoms with E-state index in [4.69, 9.17) is 4.74 Å². The monoisotopic (exact) mass is 365 g/mol. The number of esters is 1. The number of hydrogen-bond donors (Lipinski definition) is 2. The molecule has 2 bridgehead atoms. The molecule has 1 aromatic rings. The largest absolute Gasteiger partial charge is 0.481 e. The van der Waals surface area contributed by atoms with Crippen LogP contribution in [0.25, 0.3) is 0 Å². The van der Waals surface area contributed by atoms with Gasteiger partial charge in [-0.3, -0.25) is 9.59 Å². The molecule has 0 spiro atoms. The number of carbonyl (C=O) groups is 3. The van der Waals surface area contributed by atoms with E-state index < -0.39 is 23.8 Å². The van der Waals surface area contributed by atoms with E-state index in [1.165, 1.54) is 18.4 Å². The lowest BCUT2D eigenvalue weighted by atomic mass is 9.58. The van der Waals surface area contributed by atoms with Crippen LogP contribution >= 0.6 is 11.3 Å². The van der Waals surface area contributed by atoms with Crippen LogP contribution in [0, 0.1) is 37.5 Å². The molecular formula is C18H23NO5S. The van der Waals surface area contributed by atoms with Crippen molar-refractivity contribution >= 4 is 34.2 Å². The molecule has 6 nitrogen and oxygen atoms in total. The van der Waals surface area contributed by atoms with Crippen molar-refractivity contribution in [2.75, 3.05) is 12.4 Å². The van der Waals surface area contributed by atoms with Crippen LogP contribution in [0.15, 0.2) is 0 Å². The second-order valence-electron chi connectivity index (χ2n) is 7.03. The highest BCUT2D eigenvalue weighted by Gasteiger charge is 2.50. The van der Waals surface area contributed by atoms with Crippen LogP contribution in [0.3, 0.4) is 0 Å². The Bertz CT molecular complexity index is 717. The summed E-state index contributed by atoms with van der Waals surface area (Å²) >= 11 is 1.33. The predicted octanol–water partition coefficient (Wildman–Crippen LogP) is 3.23. The summed E-state index contributed by atoms with van der Waals surface area (Å²) < 4.78 is 4.83. The van der Waals surface area contributed by atoms with Crippen molar-refractivity contribution in [2.24, 2.45) is 23.7 Å². The molecule has 3 aliphatic carbocycles. The zero-order chi connectivity index (χ0) is 18.3. The van der Waals surface area contributed by atoms with Crippen LogP contribution < -0.4 is 5.32 Å². The van der Waals surface area contributed by atoms with Crippen LogP contribution in [-0.2, 0) is 14.3 Å². The van der Waals surface area contributed by atoms with E-state index in [0.717, 1.165) is 36.1 Å². The van der Waals surface area contributed by atoms with Gasteiger partial charge in [-0.15, -0.1) is 11.3 Å². The lowest BCUT2D eigenvalue weighted by Gasteiger charge is -2.45. The van der Waals surface area contributed by atoms with Crippen LogP contribution in [0.4, 0.5) is 5.00 Å². The minimum Gasteiger partial charge on any atom is -0.481 e. The Morgan fingerprint density at radius 1 is 1.08 bits per heavy atom. The summed E-state index contributed by atoms with van der Waals surface area (Å²) in [5.41, 5.74) is 1.15. The maximum absolute atomic E-state index is 12.9. The van der Waals surface area contributed by atoms with Gasteiger partial charge in [0.1, 0.15) is 5.00 Å². The van der Waals surface area contributed by atoms with Crippen molar-refractivity contribution in [1.29, 1.82) is 0 Å². The summed E-state index contributed by atoms with van der Waals surface area (Å²) in [6.07, 6.45) is 3.57. The number of carboxylic acids is 1. The zero-order valence-corrected chi connectivity index (χ0v) is 15.4. The van der Waals surface area contributed by atoms with Crippen molar-refractivity contribution in [3.8, 4) is 0 Å². The van der Waals surface area contributed by atoms with E-state index in [1.807, 2.05) is 13.8 Å². The molecular weight excluding hydrogens is 342 g/mol. The first kappa shape index (κ1) is 17.9. The molecule has 1 amide bonds. The van der Waals surface area contributed by atoms with E-state index >= 15 is 0 Å². The summed E-state index contributed by atoms with van der Waals surface area (Å²) in [5.74, 6) is -2.64. The number of hydrogen-bond acceptors (Lipinski definition) is 5. The minimum atomic E-state index is -0.888. The van der Waals surface area contributed by atoms with Crippen LogP contribution in [0.5, 0.6) is 0 Å². The van der Waals surface area contributed by atoms with Crippen molar-refractivity contribution in [3.63, 3.8) is 0 Å². The fourth-order valence-electron chi connectivity index (χ4n) is 4.44. The van der Waals surface area contributed by atoms with E-state index in [2.05, 4.69) is 5.32 Å². The smallest absolute Gasteiger partial charge is 0.341 e. The molecule has 0 radical (unpaired) electrons. The number of fused-ring (bicyclic) bond motifs is 3. The summed E-state index contributed by atoms with van der Waals surface area (Å²) in [6.45, 7) is 3.70. The summed E-state index contributed by atoms with van der Waals surface area (Å²) in [4.78, 5) is 37.7. The first-order valence-electron chi connectivity index (χ1n) is 8.57. The van der Waals surface area contributed by atoms with Gasteiger partial charge in [0.15, 0.2) is 0 Å². The predicted molar refractivity (Wildman–Crippen MR) is 93.8 cm³/mol. The number of amides is 1. The maximum Gasteiger partial charge on any atom is 0.341 e. The highest BCUT2D eigenvalue weighted by Crippen LogP contribution is 2.49. The van der Waals surface area contributed by atoms with Gasteiger partial charge in [-0.25, -0.2) is 4.79 Å². The molecule has 2 atom stereocenters. The first-order chi connectivity index (χ1) is 11.8. The molecule has 7 heteroatoms.